The molecule has 0 aliphatic rings. The van der Waals surface area contributed by atoms with E-state index in [9.17, 15) is 0 Å². The van der Waals surface area contributed by atoms with Gasteiger partial charge in [0.1, 0.15) is 5.52 Å². The predicted octanol–water partition coefficient (Wildman–Crippen LogP) is 2.11. The van der Waals surface area contributed by atoms with Crippen molar-refractivity contribution in [3.8, 4) is 0 Å². The zero-order valence-electron chi connectivity index (χ0n) is 6.48. The Morgan fingerprint density at radius 2 is 1.91 bits per heavy atom. The maximum Gasteiger partial charge on any atom is 0.191 e. The summed E-state index contributed by atoms with van der Waals surface area (Å²) in [5.41, 5.74) is 1.62. The largest absolute Gasteiger partial charge is 0.250 e. The van der Waals surface area contributed by atoms with Crippen molar-refractivity contribution in [2.75, 3.05) is 0 Å². The fourth-order valence-corrected chi connectivity index (χ4v) is 1.18. The van der Waals surface area contributed by atoms with E-state index in [1.165, 1.54) is 11.5 Å². The van der Waals surface area contributed by atoms with Crippen molar-refractivity contribution in [1.82, 2.24) is 14.3 Å². The van der Waals surface area contributed by atoms with E-state index in [-0.39, 0.29) is 0 Å². The number of aromatic nitrogens is 3. The van der Waals surface area contributed by atoms with Gasteiger partial charge >= 0.3 is 0 Å². The Kier molecular flexibility index (Phi) is 2.92. The molecule has 0 fully saturated rings. The number of hydrogen-bond donors (Lipinski definition) is 0. The highest BCUT2D eigenvalue weighted by atomic mass is 32.1. The van der Waals surface area contributed by atoms with Crippen molar-refractivity contribution >= 4 is 22.7 Å². The molecule has 0 saturated heterocycles. The SMILES string of the molecule is CC.c1cnc2nscc2n1. The van der Waals surface area contributed by atoms with E-state index in [4.69, 9.17) is 0 Å². The summed E-state index contributed by atoms with van der Waals surface area (Å²) in [5.74, 6) is 0. The van der Waals surface area contributed by atoms with Crippen molar-refractivity contribution < 1.29 is 0 Å². The van der Waals surface area contributed by atoms with Gasteiger partial charge in [0.05, 0.1) is 0 Å². The molecule has 0 amide bonds. The first-order chi connectivity index (χ1) is 5.47. The van der Waals surface area contributed by atoms with Gasteiger partial charge in [-0.2, -0.15) is 4.37 Å². The maximum absolute atomic E-state index is 4.03. The van der Waals surface area contributed by atoms with Gasteiger partial charge in [-0.15, -0.1) is 0 Å². The Labute approximate surface area is 69.3 Å². The van der Waals surface area contributed by atoms with E-state index in [0.717, 1.165) is 11.2 Å². The second-order valence-corrected chi connectivity index (χ2v) is 2.21. The van der Waals surface area contributed by atoms with Gasteiger partial charge in [0, 0.05) is 17.8 Å². The van der Waals surface area contributed by atoms with Crippen LogP contribution in [0.25, 0.3) is 11.2 Å². The van der Waals surface area contributed by atoms with Crippen LogP contribution in [0.1, 0.15) is 13.8 Å². The summed E-state index contributed by atoms with van der Waals surface area (Å²) in [6, 6.07) is 0. The Balaban J connectivity index is 0.000000281. The van der Waals surface area contributed by atoms with Crippen LogP contribution in [-0.2, 0) is 0 Å². The molecule has 58 valence electrons. The molecule has 0 saturated carbocycles. The van der Waals surface area contributed by atoms with Crippen LogP contribution in [0.3, 0.4) is 0 Å². The lowest BCUT2D eigenvalue weighted by atomic mass is 10.6. The molecule has 0 atom stereocenters. The Morgan fingerprint density at radius 1 is 1.18 bits per heavy atom. The third-order valence-electron chi connectivity index (χ3n) is 1.01. The molecule has 4 heteroatoms. The van der Waals surface area contributed by atoms with Gasteiger partial charge in [0.2, 0.25) is 0 Å². The molecule has 0 N–H and O–H groups in total. The number of hydrogen-bond acceptors (Lipinski definition) is 4. The van der Waals surface area contributed by atoms with Crippen LogP contribution in [0.4, 0.5) is 0 Å². The molecule has 11 heavy (non-hydrogen) atoms. The van der Waals surface area contributed by atoms with Gasteiger partial charge < -0.3 is 0 Å². The first kappa shape index (κ1) is 8.07. The first-order valence-electron chi connectivity index (χ1n) is 3.48. The quantitative estimate of drug-likeness (QED) is 0.603. The summed E-state index contributed by atoms with van der Waals surface area (Å²) in [5, 5.41) is 1.88. The molecular weight excluding hydrogens is 158 g/mol. The van der Waals surface area contributed by atoms with Crippen LogP contribution < -0.4 is 0 Å². The molecule has 2 rings (SSSR count). The molecule has 0 radical (unpaired) electrons. The van der Waals surface area contributed by atoms with Crippen LogP contribution in [0.15, 0.2) is 17.8 Å². The van der Waals surface area contributed by atoms with Gasteiger partial charge in [-0.1, -0.05) is 13.8 Å². The standard InChI is InChI=1S/C5H3N3S.C2H6/c1-2-7-5-4(6-1)3-9-8-5;1-2/h1-3H;1-2H3. The topological polar surface area (TPSA) is 38.7 Å². The Bertz CT molecular complexity index is 288. The van der Waals surface area contributed by atoms with Crippen LogP contribution in [0.2, 0.25) is 0 Å². The fourth-order valence-electron chi connectivity index (χ4n) is 0.621. The highest BCUT2D eigenvalue weighted by Gasteiger charge is 1.93. The second-order valence-electron chi connectivity index (χ2n) is 1.58. The monoisotopic (exact) mass is 167 g/mol. The van der Waals surface area contributed by atoms with Crippen molar-refractivity contribution in [2.24, 2.45) is 0 Å². The number of rotatable bonds is 0. The summed E-state index contributed by atoms with van der Waals surface area (Å²) >= 11 is 1.38. The van der Waals surface area contributed by atoms with Gasteiger partial charge in [0.15, 0.2) is 5.65 Å². The molecule has 2 heterocycles. The summed E-state index contributed by atoms with van der Waals surface area (Å²) in [4.78, 5) is 8.00. The number of nitrogens with zero attached hydrogens (tertiary/aromatic N) is 3. The summed E-state index contributed by atoms with van der Waals surface area (Å²) < 4.78 is 3.99. The van der Waals surface area contributed by atoms with Crippen LogP contribution in [-0.4, -0.2) is 14.3 Å². The number of fused-ring (bicyclic) bond motifs is 1. The smallest absolute Gasteiger partial charge is 0.191 e. The summed E-state index contributed by atoms with van der Waals surface area (Å²) in [7, 11) is 0. The minimum atomic E-state index is 0.738. The predicted molar refractivity (Wildman–Crippen MR) is 46.6 cm³/mol. The lowest BCUT2D eigenvalue weighted by Gasteiger charge is -1.79. The summed E-state index contributed by atoms with van der Waals surface area (Å²) in [6.07, 6.45) is 3.30. The minimum Gasteiger partial charge on any atom is -0.250 e. The van der Waals surface area contributed by atoms with Crippen molar-refractivity contribution in [1.29, 1.82) is 0 Å². The molecule has 2 aromatic heterocycles. The molecule has 2 aromatic rings. The van der Waals surface area contributed by atoms with E-state index in [1.54, 1.807) is 12.4 Å². The zero-order chi connectivity index (χ0) is 8.10. The van der Waals surface area contributed by atoms with Crippen LogP contribution in [0, 0.1) is 0 Å². The molecular formula is C7H9N3S. The molecule has 3 nitrogen and oxygen atoms in total. The normalized spacial score (nSPS) is 8.91. The highest BCUT2D eigenvalue weighted by molar-refractivity contribution is 7.04. The van der Waals surface area contributed by atoms with E-state index in [1.807, 2.05) is 19.2 Å². The van der Waals surface area contributed by atoms with E-state index in [2.05, 4.69) is 14.3 Å². The van der Waals surface area contributed by atoms with Crippen LogP contribution >= 0.6 is 11.5 Å². The lowest BCUT2D eigenvalue weighted by Crippen LogP contribution is -1.75. The van der Waals surface area contributed by atoms with E-state index in [0.29, 0.717) is 0 Å². The van der Waals surface area contributed by atoms with Crippen molar-refractivity contribution in [2.45, 2.75) is 13.8 Å². The van der Waals surface area contributed by atoms with E-state index < -0.39 is 0 Å². The van der Waals surface area contributed by atoms with Gasteiger partial charge in [-0.25, -0.2) is 4.98 Å². The molecule has 0 aromatic carbocycles. The minimum absolute atomic E-state index is 0.738. The first-order valence-corrected chi connectivity index (χ1v) is 4.31. The molecule has 0 spiro atoms. The molecule has 0 bridgehead atoms. The van der Waals surface area contributed by atoms with Crippen molar-refractivity contribution in [3.63, 3.8) is 0 Å². The highest BCUT2D eigenvalue weighted by Crippen LogP contribution is 2.06. The average molecular weight is 167 g/mol. The molecule has 0 aliphatic heterocycles. The Hall–Kier alpha value is -1.03. The molecule has 0 unspecified atom stereocenters. The fraction of sp³-hybridized carbons (Fsp3) is 0.286. The zero-order valence-corrected chi connectivity index (χ0v) is 7.30. The van der Waals surface area contributed by atoms with Gasteiger partial charge in [0.25, 0.3) is 0 Å². The van der Waals surface area contributed by atoms with E-state index >= 15 is 0 Å². The average Bonchev–Trinajstić information content (AvgIpc) is 2.55. The van der Waals surface area contributed by atoms with Crippen LogP contribution in [0.5, 0.6) is 0 Å². The lowest BCUT2D eigenvalue weighted by molar-refractivity contribution is 1.28. The van der Waals surface area contributed by atoms with Crippen molar-refractivity contribution in [3.05, 3.63) is 17.8 Å². The third-order valence-corrected chi connectivity index (χ3v) is 1.62. The van der Waals surface area contributed by atoms with Gasteiger partial charge in [-0.3, -0.25) is 4.98 Å². The maximum atomic E-state index is 4.03. The third kappa shape index (κ3) is 1.71. The van der Waals surface area contributed by atoms with Gasteiger partial charge in [-0.05, 0) is 11.5 Å². The molecule has 0 aliphatic carbocycles. The Morgan fingerprint density at radius 3 is 2.64 bits per heavy atom. The summed E-state index contributed by atoms with van der Waals surface area (Å²) in [6.45, 7) is 4.00. The second kappa shape index (κ2) is 3.98.